The van der Waals surface area contributed by atoms with Gasteiger partial charge in [0, 0.05) is 0 Å². The van der Waals surface area contributed by atoms with Gasteiger partial charge in [0.05, 0.1) is 24.9 Å². The quantitative estimate of drug-likeness (QED) is 0.126. The Labute approximate surface area is 240 Å². The second-order valence-corrected chi connectivity index (χ2v) is 11.1. The van der Waals surface area contributed by atoms with Crippen molar-refractivity contribution in [2.45, 2.75) is 144 Å². The van der Waals surface area contributed by atoms with E-state index in [2.05, 4.69) is 0 Å². The average molecular weight is 619 g/mol. The molecular formula is C24H42O18. The van der Waals surface area contributed by atoms with E-state index in [0.717, 1.165) is 0 Å². The molecule has 11 N–H and O–H groups in total. The Morgan fingerprint density at radius 3 is 1.43 bits per heavy atom. The zero-order valence-electron chi connectivity index (χ0n) is 23.0. The molecule has 0 amide bonds. The highest BCUT2D eigenvalue weighted by Gasteiger charge is 2.53. The highest BCUT2D eigenvalue weighted by atomic mass is 16.8. The minimum Gasteiger partial charge on any atom is -0.388 e. The standard InChI is InChI=1S/C24H42O18/c1-5-9(25)13(29)18(34)22(37-5)41-20-16(32)11(27)7(3)39-24(20)42-19-15(31)10(26)6(2)38-23(19)36-4-8-12(28)14(30)17(33)21(35)40-8/h5-35H,4H2,1-3H3/t5-,6-,7-,8+,9-,10-,11-,12+,13+,14-,15+,16+,17+,18+,19+,20+,21?,22-,23+,24-/m0/s1. The number of ether oxygens (including phenoxy) is 7. The van der Waals surface area contributed by atoms with E-state index < -0.39 is 129 Å². The predicted molar refractivity (Wildman–Crippen MR) is 130 cm³/mol. The van der Waals surface area contributed by atoms with Crippen molar-refractivity contribution in [3.05, 3.63) is 0 Å². The molecule has 18 nitrogen and oxygen atoms in total. The van der Waals surface area contributed by atoms with Gasteiger partial charge in [0.1, 0.15) is 79.4 Å². The van der Waals surface area contributed by atoms with Crippen molar-refractivity contribution in [3.63, 3.8) is 0 Å². The summed E-state index contributed by atoms with van der Waals surface area (Å²) in [5, 5.41) is 113. The van der Waals surface area contributed by atoms with Gasteiger partial charge in [-0.3, -0.25) is 0 Å². The van der Waals surface area contributed by atoms with Gasteiger partial charge in [-0.2, -0.15) is 0 Å². The summed E-state index contributed by atoms with van der Waals surface area (Å²) in [7, 11) is 0. The second-order valence-electron chi connectivity index (χ2n) is 11.1. The fraction of sp³-hybridized carbons (Fsp3) is 1.00. The number of hydrogen-bond acceptors (Lipinski definition) is 18. The van der Waals surface area contributed by atoms with Crippen molar-refractivity contribution >= 4 is 0 Å². The molecule has 1 unspecified atom stereocenters. The van der Waals surface area contributed by atoms with Crippen molar-refractivity contribution in [3.8, 4) is 0 Å². The molecule has 4 rings (SSSR count). The third-order valence-electron chi connectivity index (χ3n) is 8.07. The van der Waals surface area contributed by atoms with E-state index in [1.165, 1.54) is 20.8 Å². The molecule has 4 aliphatic rings. The van der Waals surface area contributed by atoms with Crippen LogP contribution in [0, 0.1) is 0 Å². The highest BCUT2D eigenvalue weighted by molar-refractivity contribution is 4.95. The lowest BCUT2D eigenvalue weighted by atomic mass is 9.97. The van der Waals surface area contributed by atoms with Gasteiger partial charge < -0.3 is 89.3 Å². The van der Waals surface area contributed by atoms with Crippen molar-refractivity contribution in [1.82, 2.24) is 0 Å². The third-order valence-corrected chi connectivity index (χ3v) is 8.07. The molecule has 246 valence electrons. The Bertz CT molecular complexity index is 869. The fourth-order valence-electron chi connectivity index (χ4n) is 5.23. The molecule has 18 heteroatoms. The van der Waals surface area contributed by atoms with Crippen LogP contribution in [0.25, 0.3) is 0 Å². The molecule has 4 saturated heterocycles. The number of aliphatic hydroxyl groups excluding tert-OH is 11. The number of rotatable bonds is 7. The summed E-state index contributed by atoms with van der Waals surface area (Å²) in [6.45, 7) is 3.66. The lowest BCUT2D eigenvalue weighted by molar-refractivity contribution is -0.390. The monoisotopic (exact) mass is 618 g/mol. The maximum atomic E-state index is 10.9. The van der Waals surface area contributed by atoms with Gasteiger partial charge in [-0.1, -0.05) is 0 Å². The first kappa shape index (κ1) is 34.2. The normalized spacial score (nSPS) is 55.9. The minimum atomic E-state index is -1.84. The zero-order chi connectivity index (χ0) is 31.2. The van der Waals surface area contributed by atoms with Crippen LogP contribution in [-0.4, -0.2) is 186 Å². The average Bonchev–Trinajstić information content (AvgIpc) is 2.95. The Morgan fingerprint density at radius 1 is 0.429 bits per heavy atom. The molecule has 0 saturated carbocycles. The lowest BCUT2D eigenvalue weighted by Gasteiger charge is -2.48. The van der Waals surface area contributed by atoms with E-state index in [4.69, 9.17) is 33.2 Å². The zero-order valence-corrected chi connectivity index (χ0v) is 23.0. The van der Waals surface area contributed by atoms with Gasteiger partial charge in [0.2, 0.25) is 0 Å². The van der Waals surface area contributed by atoms with E-state index in [9.17, 15) is 56.2 Å². The Kier molecular flexibility index (Phi) is 11.2. The topological polar surface area (TPSA) is 287 Å². The van der Waals surface area contributed by atoms with Crippen molar-refractivity contribution in [2.75, 3.05) is 6.61 Å². The molecule has 0 aromatic carbocycles. The smallest absolute Gasteiger partial charge is 0.187 e. The maximum Gasteiger partial charge on any atom is 0.187 e. The molecule has 4 fully saturated rings. The first-order chi connectivity index (χ1) is 19.6. The molecule has 0 bridgehead atoms. The molecule has 4 aliphatic heterocycles. The molecule has 0 spiro atoms. The van der Waals surface area contributed by atoms with E-state index in [0.29, 0.717) is 0 Å². The SMILES string of the molecule is C[C@@H]1O[C@@H](O[C@H]2[C@H](O[C@H]3[C@H](OC[C@H]4OC(O)[C@H](O)[C@@H](O)[C@@H]4O)O[C@@H](C)[C@H](O)[C@H]3O)O[C@@H](C)[C@H](O)[C@H]2O)[C@H](O)[C@H](O)[C@H]1O. The molecule has 0 aromatic heterocycles. The van der Waals surface area contributed by atoms with Crippen LogP contribution in [0.3, 0.4) is 0 Å². The van der Waals surface area contributed by atoms with Crippen molar-refractivity contribution in [2.24, 2.45) is 0 Å². The Balaban J connectivity index is 1.52. The largest absolute Gasteiger partial charge is 0.388 e. The molecule has 42 heavy (non-hydrogen) atoms. The van der Waals surface area contributed by atoms with Crippen LogP contribution in [0.4, 0.5) is 0 Å². The lowest BCUT2D eigenvalue weighted by Crippen LogP contribution is -2.66. The van der Waals surface area contributed by atoms with Crippen LogP contribution in [-0.2, 0) is 33.2 Å². The van der Waals surface area contributed by atoms with E-state index in [-0.39, 0.29) is 0 Å². The predicted octanol–water partition coefficient (Wildman–Crippen LogP) is -6.67. The highest BCUT2D eigenvalue weighted by Crippen LogP contribution is 2.33. The van der Waals surface area contributed by atoms with Gasteiger partial charge in [0.25, 0.3) is 0 Å². The van der Waals surface area contributed by atoms with Gasteiger partial charge in [0.15, 0.2) is 25.2 Å². The molecule has 4 heterocycles. The summed E-state index contributed by atoms with van der Waals surface area (Å²) < 4.78 is 39.0. The molecule has 0 aliphatic carbocycles. The van der Waals surface area contributed by atoms with E-state index >= 15 is 0 Å². The maximum absolute atomic E-state index is 10.9. The van der Waals surface area contributed by atoms with Gasteiger partial charge in [-0.15, -0.1) is 0 Å². The third kappa shape index (κ3) is 6.76. The molecule has 20 atom stereocenters. The van der Waals surface area contributed by atoms with Crippen LogP contribution in [0.2, 0.25) is 0 Å². The number of hydrogen-bond donors (Lipinski definition) is 11. The van der Waals surface area contributed by atoms with Gasteiger partial charge in [-0.05, 0) is 20.8 Å². The van der Waals surface area contributed by atoms with Crippen LogP contribution >= 0.6 is 0 Å². The van der Waals surface area contributed by atoms with Crippen LogP contribution in [0.15, 0.2) is 0 Å². The molecular weight excluding hydrogens is 576 g/mol. The van der Waals surface area contributed by atoms with Crippen molar-refractivity contribution < 1.29 is 89.3 Å². The van der Waals surface area contributed by atoms with Crippen LogP contribution < -0.4 is 0 Å². The summed E-state index contributed by atoms with van der Waals surface area (Å²) in [5.41, 5.74) is 0. The molecule has 0 radical (unpaired) electrons. The van der Waals surface area contributed by atoms with Crippen LogP contribution in [0.1, 0.15) is 20.8 Å². The van der Waals surface area contributed by atoms with Gasteiger partial charge >= 0.3 is 0 Å². The summed E-state index contributed by atoms with van der Waals surface area (Å²) in [5.74, 6) is 0. The molecule has 0 aromatic rings. The summed E-state index contributed by atoms with van der Waals surface area (Å²) >= 11 is 0. The Morgan fingerprint density at radius 2 is 0.857 bits per heavy atom. The Hall–Kier alpha value is -0.720. The van der Waals surface area contributed by atoms with E-state index in [1.54, 1.807) is 0 Å². The summed E-state index contributed by atoms with van der Waals surface area (Å²) in [6, 6.07) is 0. The van der Waals surface area contributed by atoms with Gasteiger partial charge in [-0.25, -0.2) is 0 Å². The minimum absolute atomic E-state index is 0.564. The fourth-order valence-corrected chi connectivity index (χ4v) is 5.23. The number of aliphatic hydroxyl groups is 11. The first-order valence-corrected chi connectivity index (χ1v) is 13.7. The van der Waals surface area contributed by atoms with E-state index in [1.807, 2.05) is 0 Å². The summed E-state index contributed by atoms with van der Waals surface area (Å²) in [4.78, 5) is 0. The van der Waals surface area contributed by atoms with Crippen LogP contribution in [0.5, 0.6) is 0 Å². The van der Waals surface area contributed by atoms with Crippen molar-refractivity contribution in [1.29, 1.82) is 0 Å². The summed E-state index contributed by atoms with van der Waals surface area (Å²) in [6.07, 6.45) is -30.9. The first-order valence-electron chi connectivity index (χ1n) is 13.7. The second kappa shape index (κ2) is 13.7.